The van der Waals surface area contributed by atoms with Crippen LogP contribution in [0.15, 0.2) is 30.3 Å². The molecule has 4 heteroatoms. The fourth-order valence-electron chi connectivity index (χ4n) is 1.76. The van der Waals surface area contributed by atoms with Gasteiger partial charge in [-0.1, -0.05) is 60.4 Å². The van der Waals surface area contributed by atoms with Crippen molar-refractivity contribution in [1.29, 1.82) is 0 Å². The molecule has 1 atom stereocenters. The maximum atomic E-state index is 14.0. The molecule has 0 aliphatic heterocycles. The number of rotatable bonds is 2. The van der Waals surface area contributed by atoms with E-state index in [1.807, 2.05) is 6.07 Å². The van der Waals surface area contributed by atoms with Gasteiger partial charge in [-0.05, 0) is 23.6 Å². The summed E-state index contributed by atoms with van der Waals surface area (Å²) in [6.07, 6.45) is 0. The van der Waals surface area contributed by atoms with Crippen LogP contribution in [0.3, 0.4) is 0 Å². The summed E-state index contributed by atoms with van der Waals surface area (Å²) in [6.45, 7) is 6.52. The number of halogens is 3. The Labute approximate surface area is 130 Å². The fraction of sp³-hybridized carbons (Fsp3) is 0.333. The van der Waals surface area contributed by atoms with Crippen molar-refractivity contribution in [2.75, 3.05) is 0 Å². The summed E-state index contributed by atoms with van der Waals surface area (Å²) in [5.41, 5.74) is 0.692. The minimum Gasteiger partial charge on any atom is -0.205 e. The first-order chi connectivity index (χ1) is 8.80. The SMILES string of the molecule is CC(C)(C)c1ccc(C(Br)c2cccc(Cl)c2F)s1. The van der Waals surface area contributed by atoms with E-state index in [1.165, 1.54) is 4.88 Å². The number of alkyl halides is 1. The molecular formula is C15H15BrClFS. The van der Waals surface area contributed by atoms with Crippen LogP contribution in [-0.2, 0) is 5.41 Å². The Hall–Kier alpha value is -0.380. The van der Waals surface area contributed by atoms with Crippen LogP contribution in [0.5, 0.6) is 0 Å². The summed E-state index contributed by atoms with van der Waals surface area (Å²) in [5.74, 6) is -0.350. The molecule has 2 rings (SSSR count). The summed E-state index contributed by atoms with van der Waals surface area (Å²) in [6, 6.07) is 9.25. The maximum absolute atomic E-state index is 14.0. The van der Waals surface area contributed by atoms with Gasteiger partial charge < -0.3 is 0 Å². The van der Waals surface area contributed by atoms with Gasteiger partial charge in [0.15, 0.2) is 0 Å². The number of thiophene rings is 1. The molecular weight excluding hydrogens is 347 g/mol. The molecule has 19 heavy (non-hydrogen) atoms. The molecule has 0 nitrogen and oxygen atoms in total. The highest BCUT2D eigenvalue weighted by molar-refractivity contribution is 9.09. The summed E-state index contributed by atoms with van der Waals surface area (Å²) in [5, 5.41) is 0.162. The highest BCUT2D eigenvalue weighted by atomic mass is 79.9. The molecule has 1 aromatic heterocycles. The van der Waals surface area contributed by atoms with Crippen LogP contribution in [0.4, 0.5) is 4.39 Å². The van der Waals surface area contributed by atoms with Gasteiger partial charge in [-0.2, -0.15) is 0 Å². The Morgan fingerprint density at radius 1 is 1.21 bits per heavy atom. The quantitative estimate of drug-likeness (QED) is 0.549. The van der Waals surface area contributed by atoms with Crippen molar-refractivity contribution in [3.05, 3.63) is 56.5 Å². The summed E-state index contributed by atoms with van der Waals surface area (Å²) in [4.78, 5) is 2.22. The van der Waals surface area contributed by atoms with Crippen LogP contribution in [0.25, 0.3) is 0 Å². The van der Waals surface area contributed by atoms with E-state index < -0.39 is 0 Å². The lowest BCUT2D eigenvalue weighted by molar-refractivity contribution is 0.604. The second-order valence-electron chi connectivity index (χ2n) is 5.46. The van der Waals surface area contributed by atoms with Crippen LogP contribution in [0, 0.1) is 5.82 Å². The third-order valence-electron chi connectivity index (χ3n) is 2.87. The first-order valence-corrected chi connectivity index (χ1v) is 8.10. The Balaban J connectivity index is 2.37. The van der Waals surface area contributed by atoms with Crippen LogP contribution >= 0.6 is 38.9 Å². The number of hydrogen-bond acceptors (Lipinski definition) is 1. The lowest BCUT2D eigenvalue weighted by Crippen LogP contribution is -2.07. The van der Waals surface area contributed by atoms with E-state index in [2.05, 4.69) is 42.8 Å². The predicted octanol–water partition coefficient (Wildman–Crippen LogP) is 6.32. The van der Waals surface area contributed by atoms with Gasteiger partial charge in [0, 0.05) is 15.3 Å². The molecule has 0 aliphatic rings. The molecule has 0 bridgehead atoms. The van der Waals surface area contributed by atoms with E-state index in [1.54, 1.807) is 29.5 Å². The zero-order valence-electron chi connectivity index (χ0n) is 11.0. The molecule has 0 amide bonds. The smallest absolute Gasteiger partial charge is 0.146 e. The summed E-state index contributed by atoms with van der Waals surface area (Å²) >= 11 is 11.1. The average Bonchev–Trinajstić information content (AvgIpc) is 2.81. The van der Waals surface area contributed by atoms with Crippen molar-refractivity contribution in [3.8, 4) is 0 Å². The highest BCUT2D eigenvalue weighted by Gasteiger charge is 2.21. The minimum atomic E-state index is -0.350. The Morgan fingerprint density at radius 3 is 2.47 bits per heavy atom. The lowest BCUT2D eigenvalue weighted by atomic mass is 9.95. The van der Waals surface area contributed by atoms with Crippen LogP contribution in [-0.4, -0.2) is 0 Å². The van der Waals surface area contributed by atoms with Gasteiger partial charge in [0.2, 0.25) is 0 Å². The Morgan fingerprint density at radius 2 is 1.89 bits per heavy atom. The van der Waals surface area contributed by atoms with E-state index in [9.17, 15) is 4.39 Å². The first kappa shape index (κ1) is 15.0. The van der Waals surface area contributed by atoms with E-state index in [0.717, 1.165) is 4.88 Å². The van der Waals surface area contributed by atoms with Crippen molar-refractivity contribution in [2.24, 2.45) is 0 Å². The van der Waals surface area contributed by atoms with E-state index in [-0.39, 0.29) is 21.1 Å². The summed E-state index contributed by atoms with van der Waals surface area (Å²) in [7, 11) is 0. The molecule has 0 fully saturated rings. The first-order valence-electron chi connectivity index (χ1n) is 5.99. The van der Waals surface area contributed by atoms with Crippen LogP contribution in [0.2, 0.25) is 5.02 Å². The van der Waals surface area contributed by atoms with E-state index >= 15 is 0 Å². The molecule has 0 radical (unpaired) electrons. The molecule has 1 heterocycles. The highest BCUT2D eigenvalue weighted by Crippen LogP contribution is 2.40. The minimum absolute atomic E-state index is 0.114. The van der Waals surface area contributed by atoms with E-state index in [4.69, 9.17) is 11.6 Å². The molecule has 0 N–H and O–H groups in total. The third kappa shape index (κ3) is 3.21. The average molecular weight is 362 g/mol. The van der Waals surface area contributed by atoms with Gasteiger partial charge >= 0.3 is 0 Å². The molecule has 102 valence electrons. The molecule has 0 saturated heterocycles. The number of hydrogen-bond donors (Lipinski definition) is 0. The Kier molecular flexibility index (Phi) is 4.38. The summed E-state index contributed by atoms with van der Waals surface area (Å²) < 4.78 is 14.0. The molecule has 0 spiro atoms. The zero-order chi connectivity index (χ0) is 14.2. The molecule has 1 aromatic carbocycles. The van der Waals surface area contributed by atoms with Gasteiger partial charge in [0.25, 0.3) is 0 Å². The molecule has 0 saturated carbocycles. The van der Waals surface area contributed by atoms with Crippen LogP contribution < -0.4 is 0 Å². The van der Waals surface area contributed by atoms with Crippen LogP contribution in [0.1, 0.15) is 40.9 Å². The van der Waals surface area contributed by atoms with Gasteiger partial charge in [-0.15, -0.1) is 11.3 Å². The third-order valence-corrected chi connectivity index (χ3v) is 6.03. The normalized spacial score (nSPS) is 13.6. The molecule has 2 aromatic rings. The molecule has 0 aliphatic carbocycles. The van der Waals surface area contributed by atoms with Crippen molar-refractivity contribution in [2.45, 2.75) is 31.0 Å². The topological polar surface area (TPSA) is 0 Å². The van der Waals surface area contributed by atoms with E-state index in [0.29, 0.717) is 5.56 Å². The van der Waals surface area contributed by atoms with Gasteiger partial charge in [0.05, 0.1) is 9.85 Å². The second-order valence-corrected chi connectivity index (χ2v) is 7.90. The van der Waals surface area contributed by atoms with Crippen molar-refractivity contribution in [3.63, 3.8) is 0 Å². The van der Waals surface area contributed by atoms with Crippen molar-refractivity contribution >= 4 is 38.9 Å². The maximum Gasteiger partial charge on any atom is 0.146 e. The van der Waals surface area contributed by atoms with Crippen molar-refractivity contribution < 1.29 is 4.39 Å². The largest absolute Gasteiger partial charge is 0.205 e. The zero-order valence-corrected chi connectivity index (χ0v) is 14.2. The fourth-order valence-corrected chi connectivity index (χ4v) is 3.79. The second kappa shape index (κ2) is 5.55. The van der Waals surface area contributed by atoms with Gasteiger partial charge in [0.1, 0.15) is 5.82 Å². The monoisotopic (exact) mass is 360 g/mol. The van der Waals surface area contributed by atoms with Crippen molar-refractivity contribution in [1.82, 2.24) is 0 Å². The van der Waals surface area contributed by atoms with Gasteiger partial charge in [-0.3, -0.25) is 0 Å². The Bertz CT molecular complexity index is 586. The predicted molar refractivity (Wildman–Crippen MR) is 85.2 cm³/mol. The van der Waals surface area contributed by atoms with Gasteiger partial charge in [-0.25, -0.2) is 4.39 Å². The lowest BCUT2D eigenvalue weighted by Gasteiger charge is -2.16. The standard InChI is InChI=1S/C15H15BrClFS/c1-15(2,3)12-8-7-11(19-12)13(16)9-5-4-6-10(17)14(9)18/h4-8,13H,1-3H3. The molecule has 1 unspecified atom stereocenters. The number of benzene rings is 1.